The van der Waals surface area contributed by atoms with Crippen molar-refractivity contribution in [2.75, 3.05) is 19.0 Å². The van der Waals surface area contributed by atoms with Crippen LogP contribution in [-0.4, -0.2) is 31.4 Å². The van der Waals surface area contributed by atoms with Gasteiger partial charge >= 0.3 is 5.97 Å². The molecule has 0 spiro atoms. The van der Waals surface area contributed by atoms with Gasteiger partial charge in [-0.2, -0.15) is 0 Å². The fraction of sp³-hybridized carbons (Fsp3) is 0.125. The Labute approximate surface area is 174 Å². The number of hydrogen-bond acceptors (Lipinski definition) is 5. The van der Waals surface area contributed by atoms with Crippen LogP contribution in [0.15, 0.2) is 66.7 Å². The van der Waals surface area contributed by atoms with Crippen molar-refractivity contribution in [3.63, 3.8) is 0 Å². The van der Waals surface area contributed by atoms with E-state index in [4.69, 9.17) is 9.47 Å². The molecule has 1 N–H and O–H groups in total. The Morgan fingerprint density at radius 2 is 1.63 bits per heavy atom. The summed E-state index contributed by atoms with van der Waals surface area (Å²) in [7, 11) is 1.62. The van der Waals surface area contributed by atoms with Gasteiger partial charge < -0.3 is 14.8 Å². The SMILES string of the molecule is COc1ccc2cc(/C=C/C(=O)OCC(=O)c3ccc(NC(C)=O)cc3)ccc2c1. The van der Waals surface area contributed by atoms with Crippen molar-refractivity contribution in [2.45, 2.75) is 6.92 Å². The van der Waals surface area contributed by atoms with Crippen molar-refractivity contribution in [1.82, 2.24) is 0 Å². The third kappa shape index (κ3) is 5.54. The first-order valence-corrected chi connectivity index (χ1v) is 9.28. The minimum Gasteiger partial charge on any atom is -0.497 e. The van der Waals surface area contributed by atoms with Gasteiger partial charge in [0.25, 0.3) is 0 Å². The number of methoxy groups -OCH3 is 1. The molecule has 0 fully saturated rings. The summed E-state index contributed by atoms with van der Waals surface area (Å²) in [5.41, 5.74) is 1.82. The molecule has 30 heavy (non-hydrogen) atoms. The molecule has 0 saturated carbocycles. The molecule has 0 aromatic heterocycles. The number of ether oxygens (including phenoxy) is 2. The van der Waals surface area contributed by atoms with E-state index in [0.717, 1.165) is 22.1 Å². The van der Waals surface area contributed by atoms with Crippen molar-refractivity contribution in [3.05, 3.63) is 77.9 Å². The highest BCUT2D eigenvalue weighted by atomic mass is 16.5. The normalized spacial score (nSPS) is 10.7. The van der Waals surface area contributed by atoms with E-state index < -0.39 is 5.97 Å². The molecule has 6 heteroatoms. The molecule has 0 aliphatic rings. The lowest BCUT2D eigenvalue weighted by molar-refractivity contribution is -0.136. The second-order valence-corrected chi connectivity index (χ2v) is 6.60. The van der Waals surface area contributed by atoms with Crippen molar-refractivity contribution in [3.8, 4) is 5.75 Å². The highest BCUT2D eigenvalue weighted by molar-refractivity contribution is 5.99. The number of rotatable bonds is 7. The summed E-state index contributed by atoms with van der Waals surface area (Å²) in [5, 5.41) is 4.67. The molecule has 0 bridgehead atoms. The number of nitrogens with one attached hydrogen (secondary N) is 1. The van der Waals surface area contributed by atoms with Crippen LogP contribution in [0, 0.1) is 0 Å². The van der Waals surface area contributed by atoms with E-state index in [9.17, 15) is 14.4 Å². The molecule has 152 valence electrons. The molecule has 3 aromatic carbocycles. The van der Waals surface area contributed by atoms with Gasteiger partial charge in [-0.1, -0.05) is 18.2 Å². The lowest BCUT2D eigenvalue weighted by atomic mass is 10.1. The highest BCUT2D eigenvalue weighted by Gasteiger charge is 2.09. The summed E-state index contributed by atoms with van der Waals surface area (Å²) in [6.45, 7) is 1.04. The molecule has 3 aromatic rings. The Hall–Kier alpha value is -3.93. The highest BCUT2D eigenvalue weighted by Crippen LogP contribution is 2.22. The fourth-order valence-corrected chi connectivity index (χ4v) is 2.85. The van der Waals surface area contributed by atoms with Gasteiger partial charge in [-0.05, 0) is 64.9 Å². The maximum Gasteiger partial charge on any atom is 0.331 e. The molecular formula is C24H21NO5. The number of anilines is 1. The van der Waals surface area contributed by atoms with Gasteiger partial charge in [0.2, 0.25) is 5.91 Å². The molecule has 3 rings (SSSR count). The van der Waals surface area contributed by atoms with E-state index in [1.165, 1.54) is 13.0 Å². The van der Waals surface area contributed by atoms with E-state index in [2.05, 4.69) is 5.32 Å². The van der Waals surface area contributed by atoms with Crippen LogP contribution in [0.2, 0.25) is 0 Å². The summed E-state index contributed by atoms with van der Waals surface area (Å²) >= 11 is 0. The zero-order valence-electron chi connectivity index (χ0n) is 16.7. The maximum atomic E-state index is 12.2. The van der Waals surface area contributed by atoms with E-state index in [1.807, 2.05) is 36.4 Å². The Balaban J connectivity index is 1.56. The van der Waals surface area contributed by atoms with Crippen LogP contribution < -0.4 is 10.1 Å². The number of benzene rings is 3. The van der Waals surface area contributed by atoms with E-state index in [0.29, 0.717) is 11.3 Å². The van der Waals surface area contributed by atoms with Crippen molar-refractivity contribution in [2.24, 2.45) is 0 Å². The van der Waals surface area contributed by atoms with Gasteiger partial charge in [0, 0.05) is 24.3 Å². The average Bonchev–Trinajstić information content (AvgIpc) is 2.75. The number of fused-ring (bicyclic) bond motifs is 1. The van der Waals surface area contributed by atoms with Crippen LogP contribution in [0.5, 0.6) is 5.75 Å². The van der Waals surface area contributed by atoms with Crippen LogP contribution >= 0.6 is 0 Å². The van der Waals surface area contributed by atoms with Gasteiger partial charge in [-0.15, -0.1) is 0 Å². The number of hydrogen-bond donors (Lipinski definition) is 1. The summed E-state index contributed by atoms with van der Waals surface area (Å²) in [4.78, 5) is 35.1. The predicted molar refractivity (Wildman–Crippen MR) is 116 cm³/mol. The molecule has 0 saturated heterocycles. The maximum absolute atomic E-state index is 12.2. The van der Waals surface area contributed by atoms with Crippen LogP contribution in [0.4, 0.5) is 5.69 Å². The van der Waals surface area contributed by atoms with Gasteiger partial charge in [0.15, 0.2) is 12.4 Å². The lowest BCUT2D eigenvalue weighted by Crippen LogP contribution is -2.13. The summed E-state index contributed by atoms with van der Waals surface area (Å²) in [6, 6.07) is 17.9. The van der Waals surface area contributed by atoms with Crippen LogP contribution in [0.25, 0.3) is 16.8 Å². The Morgan fingerprint density at radius 1 is 0.933 bits per heavy atom. The predicted octanol–water partition coefficient (Wildman–Crippen LogP) is 4.25. The quantitative estimate of drug-likeness (QED) is 0.362. The molecule has 0 radical (unpaired) electrons. The zero-order chi connectivity index (χ0) is 21.5. The van der Waals surface area contributed by atoms with Crippen LogP contribution in [0.3, 0.4) is 0 Å². The fourth-order valence-electron chi connectivity index (χ4n) is 2.85. The monoisotopic (exact) mass is 403 g/mol. The molecule has 0 unspecified atom stereocenters. The number of Topliss-reactive ketones (excluding diaryl/α,β-unsaturated/α-hetero) is 1. The van der Waals surface area contributed by atoms with Crippen LogP contribution in [-0.2, 0) is 14.3 Å². The van der Waals surface area contributed by atoms with Crippen LogP contribution in [0.1, 0.15) is 22.8 Å². The Morgan fingerprint density at radius 3 is 2.33 bits per heavy atom. The topological polar surface area (TPSA) is 81.7 Å². The molecule has 0 atom stereocenters. The first kappa shape index (κ1) is 20.8. The Bertz CT molecular complexity index is 1120. The van der Waals surface area contributed by atoms with Crippen molar-refractivity contribution >= 4 is 40.2 Å². The van der Waals surface area contributed by atoms with E-state index in [-0.39, 0.29) is 18.3 Å². The number of amides is 1. The largest absolute Gasteiger partial charge is 0.497 e. The standard InChI is InChI=1S/C24H21NO5/c1-16(26)25-21-9-6-18(7-10-21)23(27)15-30-24(28)12-4-17-3-5-20-14-22(29-2)11-8-19(20)13-17/h3-14H,15H2,1-2H3,(H,25,26)/b12-4+. The van der Waals surface area contributed by atoms with Gasteiger partial charge in [0.05, 0.1) is 7.11 Å². The second-order valence-electron chi connectivity index (χ2n) is 6.60. The molecular weight excluding hydrogens is 382 g/mol. The molecule has 1 amide bonds. The minimum absolute atomic E-state index is 0.194. The molecule has 0 aliphatic carbocycles. The zero-order valence-corrected chi connectivity index (χ0v) is 16.7. The summed E-state index contributed by atoms with van der Waals surface area (Å²) < 4.78 is 10.2. The molecule has 0 heterocycles. The summed E-state index contributed by atoms with van der Waals surface area (Å²) in [6.07, 6.45) is 2.93. The van der Waals surface area contributed by atoms with E-state index in [1.54, 1.807) is 37.5 Å². The number of esters is 1. The first-order chi connectivity index (χ1) is 14.4. The third-order valence-corrected chi connectivity index (χ3v) is 4.36. The second kappa shape index (κ2) is 9.52. The average molecular weight is 403 g/mol. The molecule has 6 nitrogen and oxygen atoms in total. The van der Waals surface area contributed by atoms with E-state index >= 15 is 0 Å². The van der Waals surface area contributed by atoms with Crippen molar-refractivity contribution in [1.29, 1.82) is 0 Å². The first-order valence-electron chi connectivity index (χ1n) is 9.28. The summed E-state index contributed by atoms with van der Waals surface area (Å²) in [5.74, 6) is -0.344. The smallest absolute Gasteiger partial charge is 0.331 e. The molecule has 0 aliphatic heterocycles. The lowest BCUT2D eigenvalue weighted by Gasteiger charge is -2.05. The third-order valence-electron chi connectivity index (χ3n) is 4.36. The number of carbonyl (C=O) groups excluding carboxylic acids is 3. The van der Waals surface area contributed by atoms with Gasteiger partial charge in [0.1, 0.15) is 5.75 Å². The van der Waals surface area contributed by atoms with Crippen molar-refractivity contribution < 1.29 is 23.9 Å². The van der Waals surface area contributed by atoms with Gasteiger partial charge in [-0.3, -0.25) is 9.59 Å². The minimum atomic E-state index is -0.604. The Kier molecular flexibility index (Phi) is 6.60. The number of ketones is 1. The van der Waals surface area contributed by atoms with Gasteiger partial charge in [-0.25, -0.2) is 4.79 Å². The number of carbonyl (C=O) groups is 3.